The van der Waals surface area contributed by atoms with Crippen LogP contribution in [0.4, 0.5) is 0 Å². The molecule has 4 rings (SSSR count). The Balaban J connectivity index is 1.98. The summed E-state index contributed by atoms with van der Waals surface area (Å²) in [5.41, 5.74) is 5.76. The van der Waals surface area contributed by atoms with Gasteiger partial charge in [0.25, 0.3) is 0 Å². The summed E-state index contributed by atoms with van der Waals surface area (Å²) in [4.78, 5) is 16.7. The molecule has 0 radical (unpaired) electrons. The van der Waals surface area contributed by atoms with E-state index in [0.29, 0.717) is 0 Å². The third-order valence-corrected chi connectivity index (χ3v) is 3.65. The van der Waals surface area contributed by atoms with E-state index in [0.717, 1.165) is 39.2 Å². The minimum absolute atomic E-state index is 0.859. The second-order valence-electron chi connectivity index (χ2n) is 5.20. The number of nitrogens with one attached hydrogen (secondary N) is 1. The molecule has 1 N–H and O–H groups in total. The average Bonchev–Trinajstić information content (AvgIpc) is 3.03. The maximum Gasteiger partial charge on any atom is 0.138 e. The highest BCUT2D eigenvalue weighted by Gasteiger charge is 2.11. The maximum atomic E-state index is 4.69. The molecule has 0 amide bonds. The fourth-order valence-electron chi connectivity index (χ4n) is 2.62. The number of hydrogen-bond acceptors (Lipinski definition) is 3. The van der Waals surface area contributed by atoms with Crippen molar-refractivity contribution >= 4 is 11.0 Å². The van der Waals surface area contributed by atoms with Crippen molar-refractivity contribution in [1.29, 1.82) is 0 Å². The molecule has 0 aliphatic rings. The van der Waals surface area contributed by atoms with Crippen LogP contribution in [0.1, 0.15) is 5.69 Å². The number of hydrogen-bond donors (Lipinski definition) is 1. The van der Waals surface area contributed by atoms with E-state index in [1.165, 1.54) is 0 Å². The standard InChI is InChI=1S/C18H14N4/c1-12-4-2-6-16(21-12)17-10-15(13-5-3-8-19-11-13)14-7-9-20-18(14)22-17/h2-11H,1H3,(H,20,22). The van der Waals surface area contributed by atoms with Crippen molar-refractivity contribution in [3.8, 4) is 22.5 Å². The van der Waals surface area contributed by atoms with Gasteiger partial charge in [-0.25, -0.2) is 4.98 Å². The summed E-state index contributed by atoms with van der Waals surface area (Å²) < 4.78 is 0. The highest BCUT2D eigenvalue weighted by Crippen LogP contribution is 2.30. The summed E-state index contributed by atoms with van der Waals surface area (Å²) in [6.45, 7) is 1.98. The Labute approximate surface area is 127 Å². The summed E-state index contributed by atoms with van der Waals surface area (Å²) in [5, 5.41) is 1.09. The Morgan fingerprint density at radius 3 is 2.73 bits per heavy atom. The molecule has 4 aromatic rings. The molecule has 4 nitrogen and oxygen atoms in total. The predicted molar refractivity (Wildman–Crippen MR) is 87.3 cm³/mol. The van der Waals surface area contributed by atoms with Crippen molar-refractivity contribution < 1.29 is 0 Å². The molecular weight excluding hydrogens is 272 g/mol. The molecular formula is C18H14N4. The zero-order valence-electron chi connectivity index (χ0n) is 12.1. The third-order valence-electron chi connectivity index (χ3n) is 3.65. The molecule has 0 unspecified atom stereocenters. The molecule has 0 saturated carbocycles. The molecule has 0 aliphatic carbocycles. The highest BCUT2D eigenvalue weighted by atomic mass is 14.9. The van der Waals surface area contributed by atoms with E-state index in [1.807, 2.05) is 49.6 Å². The Bertz CT molecular complexity index is 942. The van der Waals surface area contributed by atoms with Crippen LogP contribution in [-0.2, 0) is 0 Å². The SMILES string of the molecule is Cc1cccc(-c2cc(-c3cccnc3)c3cc[nH]c3n2)n1. The van der Waals surface area contributed by atoms with Crippen molar-refractivity contribution in [2.75, 3.05) is 0 Å². The number of aromatic amines is 1. The van der Waals surface area contributed by atoms with Gasteiger partial charge in [0.2, 0.25) is 0 Å². The van der Waals surface area contributed by atoms with Crippen LogP contribution in [0.3, 0.4) is 0 Å². The van der Waals surface area contributed by atoms with Crippen molar-refractivity contribution in [2.45, 2.75) is 6.92 Å². The van der Waals surface area contributed by atoms with Gasteiger partial charge in [-0.2, -0.15) is 0 Å². The topological polar surface area (TPSA) is 54.5 Å². The summed E-state index contributed by atoms with van der Waals surface area (Å²) in [7, 11) is 0. The van der Waals surface area contributed by atoms with Gasteiger partial charge in [0.15, 0.2) is 0 Å². The van der Waals surface area contributed by atoms with Crippen LogP contribution in [0.5, 0.6) is 0 Å². The van der Waals surface area contributed by atoms with Gasteiger partial charge in [0.1, 0.15) is 5.65 Å². The summed E-state index contributed by atoms with van der Waals surface area (Å²) >= 11 is 0. The Morgan fingerprint density at radius 1 is 0.955 bits per heavy atom. The minimum atomic E-state index is 0.859. The molecule has 0 bridgehead atoms. The van der Waals surface area contributed by atoms with Crippen molar-refractivity contribution in [3.05, 3.63) is 66.7 Å². The molecule has 22 heavy (non-hydrogen) atoms. The number of aryl methyl sites for hydroxylation is 1. The van der Waals surface area contributed by atoms with Crippen LogP contribution < -0.4 is 0 Å². The molecule has 0 aromatic carbocycles. The monoisotopic (exact) mass is 286 g/mol. The molecule has 4 aromatic heterocycles. The van der Waals surface area contributed by atoms with Crippen molar-refractivity contribution in [2.24, 2.45) is 0 Å². The quantitative estimate of drug-likeness (QED) is 0.606. The van der Waals surface area contributed by atoms with Crippen LogP contribution in [-0.4, -0.2) is 19.9 Å². The number of nitrogens with zero attached hydrogens (tertiary/aromatic N) is 3. The number of pyridine rings is 3. The molecule has 4 heteroatoms. The Kier molecular flexibility index (Phi) is 2.93. The first-order valence-electron chi connectivity index (χ1n) is 7.14. The van der Waals surface area contributed by atoms with Gasteiger partial charge in [-0.3, -0.25) is 9.97 Å². The van der Waals surface area contributed by atoms with E-state index in [-0.39, 0.29) is 0 Å². The second kappa shape index (κ2) is 5.07. The van der Waals surface area contributed by atoms with Crippen molar-refractivity contribution in [3.63, 3.8) is 0 Å². The fourth-order valence-corrected chi connectivity index (χ4v) is 2.62. The van der Waals surface area contributed by atoms with Crippen LogP contribution in [0.25, 0.3) is 33.5 Å². The van der Waals surface area contributed by atoms with Crippen molar-refractivity contribution in [1.82, 2.24) is 19.9 Å². The number of aromatic nitrogens is 4. The number of rotatable bonds is 2. The zero-order chi connectivity index (χ0) is 14.9. The van der Waals surface area contributed by atoms with Crippen LogP contribution in [0, 0.1) is 6.92 Å². The van der Waals surface area contributed by atoms with E-state index >= 15 is 0 Å². The fraction of sp³-hybridized carbons (Fsp3) is 0.0556. The lowest BCUT2D eigenvalue weighted by Gasteiger charge is -2.07. The summed E-state index contributed by atoms with van der Waals surface area (Å²) in [6.07, 6.45) is 5.56. The zero-order valence-corrected chi connectivity index (χ0v) is 12.1. The normalized spacial score (nSPS) is 11.0. The Morgan fingerprint density at radius 2 is 1.91 bits per heavy atom. The van der Waals surface area contributed by atoms with Gasteiger partial charge in [0, 0.05) is 35.2 Å². The first-order valence-corrected chi connectivity index (χ1v) is 7.14. The van der Waals surface area contributed by atoms with E-state index < -0.39 is 0 Å². The van der Waals surface area contributed by atoms with Gasteiger partial charge < -0.3 is 4.98 Å². The molecule has 0 spiro atoms. The van der Waals surface area contributed by atoms with E-state index in [4.69, 9.17) is 4.98 Å². The molecule has 4 heterocycles. The highest BCUT2D eigenvalue weighted by molar-refractivity contribution is 5.94. The lowest BCUT2D eigenvalue weighted by molar-refractivity contribution is 1.18. The van der Waals surface area contributed by atoms with E-state index in [2.05, 4.69) is 27.1 Å². The predicted octanol–water partition coefficient (Wildman–Crippen LogP) is 4.00. The van der Waals surface area contributed by atoms with Gasteiger partial charge in [-0.1, -0.05) is 12.1 Å². The first kappa shape index (κ1) is 12.7. The number of H-pyrrole nitrogens is 1. The third kappa shape index (κ3) is 2.15. The lowest BCUT2D eigenvalue weighted by Crippen LogP contribution is -1.92. The van der Waals surface area contributed by atoms with E-state index in [9.17, 15) is 0 Å². The van der Waals surface area contributed by atoms with Gasteiger partial charge in [-0.15, -0.1) is 0 Å². The second-order valence-corrected chi connectivity index (χ2v) is 5.20. The molecule has 0 aliphatic heterocycles. The molecule has 0 fully saturated rings. The summed E-state index contributed by atoms with van der Waals surface area (Å²) in [6, 6.07) is 14.1. The smallest absolute Gasteiger partial charge is 0.138 e. The first-order chi connectivity index (χ1) is 10.8. The largest absolute Gasteiger partial charge is 0.346 e. The van der Waals surface area contributed by atoms with Gasteiger partial charge in [-0.05, 0) is 42.8 Å². The lowest BCUT2D eigenvalue weighted by atomic mass is 10.0. The number of fused-ring (bicyclic) bond motifs is 1. The van der Waals surface area contributed by atoms with E-state index in [1.54, 1.807) is 6.20 Å². The molecule has 106 valence electrons. The van der Waals surface area contributed by atoms with Crippen LogP contribution in [0.15, 0.2) is 61.1 Å². The Hall–Kier alpha value is -3.01. The summed E-state index contributed by atoms with van der Waals surface area (Å²) in [5.74, 6) is 0. The van der Waals surface area contributed by atoms with Gasteiger partial charge >= 0.3 is 0 Å². The van der Waals surface area contributed by atoms with Crippen LogP contribution in [0.2, 0.25) is 0 Å². The molecule has 0 saturated heterocycles. The molecule has 0 atom stereocenters. The maximum absolute atomic E-state index is 4.69. The van der Waals surface area contributed by atoms with Crippen LogP contribution >= 0.6 is 0 Å². The minimum Gasteiger partial charge on any atom is -0.346 e. The average molecular weight is 286 g/mol. The van der Waals surface area contributed by atoms with Gasteiger partial charge in [0.05, 0.1) is 11.4 Å².